The smallest absolute Gasteiger partial charge is 0.312 e. The molecular weight excluding hydrogens is 328 g/mol. The molecule has 0 saturated heterocycles. The summed E-state index contributed by atoms with van der Waals surface area (Å²) in [5.74, 6) is -6.89. The van der Waals surface area contributed by atoms with Crippen molar-refractivity contribution in [2.45, 2.75) is 40.9 Å². The highest BCUT2D eigenvalue weighted by Crippen LogP contribution is 2.68. The quantitative estimate of drug-likeness (QED) is 0.456. The van der Waals surface area contributed by atoms with Crippen LogP contribution in [0.25, 0.3) is 0 Å². The number of hydrogen-bond acceptors (Lipinski definition) is 3. The molecule has 0 N–H and O–H groups in total. The molecule has 134 valence electrons. The van der Waals surface area contributed by atoms with Crippen LogP contribution in [0.4, 0.5) is 17.6 Å². The fourth-order valence-corrected chi connectivity index (χ4v) is 3.12. The van der Waals surface area contributed by atoms with Gasteiger partial charge in [0.15, 0.2) is 23.3 Å². The average Bonchev–Trinajstić information content (AvgIpc) is 2.94. The lowest BCUT2D eigenvalue weighted by atomic mass is 9.98. The van der Waals surface area contributed by atoms with Gasteiger partial charge in [0.25, 0.3) is 0 Å². The number of benzene rings is 1. The standard InChI is InChI=1S/C17H20F4O3/c1-8-16(2,3)17(8,4)15(22)24-7-10-13(20)11(18)9(6-23-5)12(19)14(10)21/h8H,6-7H2,1-5H3. The second-order valence-electron chi connectivity index (χ2n) is 6.87. The predicted octanol–water partition coefficient (Wildman–Crippen LogP) is 4.11. The lowest BCUT2D eigenvalue weighted by Gasteiger charge is -2.16. The van der Waals surface area contributed by atoms with Gasteiger partial charge in [0.1, 0.15) is 6.61 Å². The molecule has 1 saturated carbocycles. The summed E-state index contributed by atoms with van der Waals surface area (Å²) >= 11 is 0. The molecular formula is C17H20F4O3. The van der Waals surface area contributed by atoms with Crippen molar-refractivity contribution in [2.24, 2.45) is 16.7 Å². The Morgan fingerprint density at radius 3 is 1.67 bits per heavy atom. The zero-order valence-corrected chi connectivity index (χ0v) is 14.2. The Morgan fingerprint density at radius 2 is 1.33 bits per heavy atom. The summed E-state index contributed by atoms with van der Waals surface area (Å²) in [6, 6.07) is 0. The third-order valence-corrected chi connectivity index (χ3v) is 5.71. The van der Waals surface area contributed by atoms with Crippen molar-refractivity contribution >= 4 is 5.97 Å². The van der Waals surface area contributed by atoms with Gasteiger partial charge in [-0.1, -0.05) is 20.8 Å². The number of carbonyl (C=O) groups excluding carboxylic acids is 1. The van der Waals surface area contributed by atoms with Crippen LogP contribution in [-0.4, -0.2) is 13.1 Å². The minimum Gasteiger partial charge on any atom is -0.460 e. The van der Waals surface area contributed by atoms with Gasteiger partial charge >= 0.3 is 5.97 Å². The molecule has 0 aromatic heterocycles. The van der Waals surface area contributed by atoms with E-state index in [1.54, 1.807) is 6.92 Å². The summed E-state index contributed by atoms with van der Waals surface area (Å²) < 4.78 is 65.1. The molecule has 2 rings (SSSR count). The van der Waals surface area contributed by atoms with Gasteiger partial charge in [-0.2, -0.15) is 0 Å². The third kappa shape index (κ3) is 2.49. The molecule has 1 aliphatic rings. The van der Waals surface area contributed by atoms with Crippen LogP contribution >= 0.6 is 0 Å². The number of rotatable bonds is 5. The summed E-state index contributed by atoms with van der Waals surface area (Å²) in [6.07, 6.45) is 0. The molecule has 1 aromatic carbocycles. The fourth-order valence-electron chi connectivity index (χ4n) is 3.12. The van der Waals surface area contributed by atoms with E-state index in [1.165, 1.54) is 0 Å². The van der Waals surface area contributed by atoms with Gasteiger partial charge in [-0.25, -0.2) is 17.6 Å². The topological polar surface area (TPSA) is 35.5 Å². The van der Waals surface area contributed by atoms with E-state index in [-0.39, 0.29) is 11.3 Å². The molecule has 3 nitrogen and oxygen atoms in total. The Kier molecular flexibility index (Phi) is 4.69. The predicted molar refractivity (Wildman–Crippen MR) is 77.8 cm³/mol. The largest absolute Gasteiger partial charge is 0.460 e. The van der Waals surface area contributed by atoms with Gasteiger partial charge in [-0.15, -0.1) is 0 Å². The maximum absolute atomic E-state index is 14.0. The maximum atomic E-state index is 14.0. The van der Waals surface area contributed by atoms with Crippen LogP contribution in [0.15, 0.2) is 0 Å². The molecule has 2 atom stereocenters. The molecule has 1 aliphatic carbocycles. The summed E-state index contributed by atoms with van der Waals surface area (Å²) in [7, 11) is 1.14. The van der Waals surface area contributed by atoms with Crippen molar-refractivity contribution in [1.29, 1.82) is 0 Å². The van der Waals surface area contributed by atoms with Gasteiger partial charge in [0.05, 0.1) is 23.1 Å². The van der Waals surface area contributed by atoms with Crippen LogP contribution in [-0.2, 0) is 27.5 Å². The van der Waals surface area contributed by atoms with Crippen molar-refractivity contribution in [2.75, 3.05) is 7.11 Å². The van der Waals surface area contributed by atoms with Gasteiger partial charge in [0.2, 0.25) is 0 Å². The molecule has 0 spiro atoms. The minimum atomic E-state index is -1.58. The van der Waals surface area contributed by atoms with Crippen molar-refractivity contribution in [3.8, 4) is 0 Å². The van der Waals surface area contributed by atoms with Crippen LogP contribution in [0.5, 0.6) is 0 Å². The first-order chi connectivity index (χ1) is 11.0. The Hall–Kier alpha value is -1.63. The number of hydrogen-bond donors (Lipinski definition) is 0. The summed E-state index contributed by atoms with van der Waals surface area (Å²) in [5, 5.41) is 0. The van der Waals surface area contributed by atoms with E-state index in [4.69, 9.17) is 4.74 Å². The van der Waals surface area contributed by atoms with Crippen LogP contribution in [0, 0.1) is 40.0 Å². The molecule has 0 radical (unpaired) electrons. The number of methoxy groups -OCH3 is 1. The maximum Gasteiger partial charge on any atom is 0.312 e. The van der Waals surface area contributed by atoms with Crippen LogP contribution in [0.2, 0.25) is 0 Å². The average molecular weight is 348 g/mol. The van der Waals surface area contributed by atoms with Crippen LogP contribution < -0.4 is 0 Å². The van der Waals surface area contributed by atoms with Gasteiger partial charge in [-0.05, 0) is 18.3 Å². The van der Waals surface area contributed by atoms with Crippen molar-refractivity contribution in [1.82, 2.24) is 0 Å². The zero-order valence-electron chi connectivity index (χ0n) is 14.2. The molecule has 0 amide bonds. The zero-order chi connectivity index (χ0) is 18.4. The first-order valence-electron chi connectivity index (χ1n) is 7.51. The van der Waals surface area contributed by atoms with E-state index in [9.17, 15) is 22.4 Å². The highest BCUT2D eigenvalue weighted by molar-refractivity contribution is 5.82. The molecule has 24 heavy (non-hydrogen) atoms. The Bertz CT molecular complexity index is 658. The second kappa shape index (κ2) is 6.02. The Labute approximate surface area is 137 Å². The van der Waals surface area contributed by atoms with E-state index in [0.29, 0.717) is 0 Å². The molecule has 0 aliphatic heterocycles. The number of esters is 1. The molecule has 0 bridgehead atoms. The summed E-state index contributed by atoms with van der Waals surface area (Å²) in [5.41, 5.74) is -2.91. The van der Waals surface area contributed by atoms with E-state index in [1.807, 2.05) is 20.8 Å². The van der Waals surface area contributed by atoms with E-state index < -0.39 is 59.0 Å². The van der Waals surface area contributed by atoms with E-state index in [2.05, 4.69) is 4.74 Å². The highest BCUT2D eigenvalue weighted by atomic mass is 19.2. The molecule has 1 aromatic rings. The van der Waals surface area contributed by atoms with Crippen LogP contribution in [0.3, 0.4) is 0 Å². The van der Waals surface area contributed by atoms with Crippen molar-refractivity contribution in [3.05, 3.63) is 34.4 Å². The van der Waals surface area contributed by atoms with Crippen molar-refractivity contribution in [3.63, 3.8) is 0 Å². The molecule has 1 fully saturated rings. The fraction of sp³-hybridized carbons (Fsp3) is 0.588. The Morgan fingerprint density at radius 1 is 0.958 bits per heavy atom. The first-order valence-corrected chi connectivity index (χ1v) is 7.51. The number of ether oxygens (including phenoxy) is 2. The molecule has 0 heterocycles. The highest BCUT2D eigenvalue weighted by Gasteiger charge is 2.70. The summed E-state index contributed by atoms with van der Waals surface area (Å²) in [4.78, 5) is 12.2. The molecule has 7 heteroatoms. The van der Waals surface area contributed by atoms with E-state index >= 15 is 0 Å². The monoisotopic (exact) mass is 348 g/mol. The molecule has 2 unspecified atom stereocenters. The number of halogens is 4. The minimum absolute atomic E-state index is 0.0183. The van der Waals surface area contributed by atoms with Gasteiger partial charge in [0, 0.05) is 7.11 Å². The lowest BCUT2D eigenvalue weighted by Crippen LogP contribution is -2.22. The first kappa shape index (κ1) is 18.7. The van der Waals surface area contributed by atoms with Gasteiger partial charge in [-0.3, -0.25) is 4.79 Å². The SMILES string of the molecule is COCc1c(F)c(F)c(COC(=O)C2(C)C(C)C2(C)C)c(F)c1F. The summed E-state index contributed by atoms with van der Waals surface area (Å²) in [6.45, 7) is 5.81. The lowest BCUT2D eigenvalue weighted by molar-refractivity contribution is -0.152. The number of carbonyl (C=O) groups is 1. The second-order valence-corrected chi connectivity index (χ2v) is 6.87. The van der Waals surface area contributed by atoms with Crippen molar-refractivity contribution < 1.29 is 31.8 Å². The Balaban J connectivity index is 2.24. The third-order valence-electron chi connectivity index (χ3n) is 5.71. The normalized spacial score (nSPS) is 24.8. The van der Waals surface area contributed by atoms with E-state index in [0.717, 1.165) is 7.11 Å². The van der Waals surface area contributed by atoms with Gasteiger partial charge < -0.3 is 9.47 Å². The van der Waals surface area contributed by atoms with Crippen LogP contribution in [0.1, 0.15) is 38.8 Å².